The minimum Gasteiger partial charge on any atom is -0.487 e. The number of halogens is 4. The van der Waals surface area contributed by atoms with Crippen molar-refractivity contribution in [3.05, 3.63) is 92.5 Å². The van der Waals surface area contributed by atoms with Crippen molar-refractivity contribution in [3.63, 3.8) is 0 Å². The number of hydrogen-bond acceptors (Lipinski definition) is 6. The van der Waals surface area contributed by atoms with Crippen molar-refractivity contribution in [1.82, 2.24) is 0 Å². The fourth-order valence-corrected chi connectivity index (χ4v) is 3.14. The summed E-state index contributed by atoms with van der Waals surface area (Å²) in [6, 6.07) is 12.0. The van der Waals surface area contributed by atoms with Crippen LogP contribution in [0.25, 0.3) is 0 Å². The summed E-state index contributed by atoms with van der Waals surface area (Å²) >= 11 is 6.16. The standard InChI is InChI=1S/C22H14ClF3N2O7/c23-18-9-13(27-20(29)17-10-14(28(32)33)5-6-16(17)21(30)31)4-7-19(18)34-11-12-2-1-3-15(8-12)35-22(24,25)26/h1-10H,11H2,(H,27,29)(H,30,31). The van der Waals surface area contributed by atoms with Crippen LogP contribution < -0.4 is 14.8 Å². The SMILES string of the molecule is O=C(O)c1ccc([N+](=O)[O-])cc1C(=O)Nc1ccc(OCc2cccc(OC(F)(F)F)c2)c(Cl)c1. The number of carbonyl (C=O) groups is 2. The van der Waals surface area contributed by atoms with Crippen LogP contribution in [0.3, 0.4) is 0 Å². The number of nitrogens with one attached hydrogen (secondary N) is 1. The summed E-state index contributed by atoms with van der Waals surface area (Å²) in [5.41, 5.74) is -0.825. The first kappa shape index (κ1) is 25.3. The van der Waals surface area contributed by atoms with Gasteiger partial charge in [0.1, 0.15) is 18.1 Å². The van der Waals surface area contributed by atoms with E-state index in [0.717, 1.165) is 30.3 Å². The van der Waals surface area contributed by atoms with Gasteiger partial charge in [-0.3, -0.25) is 14.9 Å². The molecule has 0 aliphatic heterocycles. The summed E-state index contributed by atoms with van der Waals surface area (Å²) in [6.07, 6.45) is -4.83. The van der Waals surface area contributed by atoms with E-state index in [2.05, 4.69) is 10.1 Å². The highest BCUT2D eigenvalue weighted by Crippen LogP contribution is 2.30. The van der Waals surface area contributed by atoms with E-state index in [-0.39, 0.29) is 23.1 Å². The molecule has 2 N–H and O–H groups in total. The Morgan fingerprint density at radius 1 is 1.06 bits per heavy atom. The van der Waals surface area contributed by atoms with E-state index in [4.69, 9.17) is 16.3 Å². The third-order valence-electron chi connectivity index (χ3n) is 4.41. The smallest absolute Gasteiger partial charge is 0.487 e. The molecule has 0 aliphatic carbocycles. The molecule has 3 aromatic carbocycles. The number of nitrogens with zero attached hydrogens (tertiary/aromatic N) is 1. The number of carbonyl (C=O) groups excluding carboxylic acids is 1. The molecule has 0 heterocycles. The molecule has 1 amide bonds. The molecule has 0 fully saturated rings. The molecule has 35 heavy (non-hydrogen) atoms. The van der Waals surface area contributed by atoms with Crippen LogP contribution in [0.15, 0.2) is 60.7 Å². The van der Waals surface area contributed by atoms with Crippen LogP contribution in [0.2, 0.25) is 5.02 Å². The average molecular weight is 511 g/mol. The lowest BCUT2D eigenvalue weighted by atomic mass is 10.1. The van der Waals surface area contributed by atoms with E-state index in [9.17, 15) is 38.0 Å². The summed E-state index contributed by atoms with van der Waals surface area (Å²) < 4.78 is 46.5. The molecular formula is C22H14ClF3N2O7. The fraction of sp³-hybridized carbons (Fsp3) is 0.0909. The summed E-state index contributed by atoms with van der Waals surface area (Å²) in [7, 11) is 0. The average Bonchev–Trinajstić information content (AvgIpc) is 2.77. The number of amides is 1. The highest BCUT2D eigenvalue weighted by atomic mass is 35.5. The van der Waals surface area contributed by atoms with Crippen molar-refractivity contribution in [2.75, 3.05) is 5.32 Å². The Morgan fingerprint density at radius 2 is 1.80 bits per heavy atom. The molecular weight excluding hydrogens is 497 g/mol. The largest absolute Gasteiger partial charge is 0.573 e. The first-order valence-electron chi connectivity index (χ1n) is 9.53. The number of rotatable bonds is 8. The van der Waals surface area contributed by atoms with Gasteiger partial charge in [-0.05, 0) is 42.0 Å². The van der Waals surface area contributed by atoms with Crippen molar-refractivity contribution in [1.29, 1.82) is 0 Å². The highest BCUT2D eigenvalue weighted by molar-refractivity contribution is 6.32. The molecule has 0 unspecified atom stereocenters. The molecule has 3 rings (SSSR count). The molecule has 0 aliphatic rings. The van der Waals surface area contributed by atoms with E-state index in [1.54, 1.807) is 0 Å². The number of anilines is 1. The van der Waals surface area contributed by atoms with Gasteiger partial charge in [-0.25, -0.2) is 4.79 Å². The molecule has 13 heteroatoms. The zero-order chi connectivity index (χ0) is 25.8. The Labute approximate surface area is 199 Å². The van der Waals surface area contributed by atoms with Crippen molar-refractivity contribution >= 4 is 34.9 Å². The van der Waals surface area contributed by atoms with Gasteiger partial charge in [0.15, 0.2) is 0 Å². The van der Waals surface area contributed by atoms with Crippen molar-refractivity contribution in [3.8, 4) is 11.5 Å². The van der Waals surface area contributed by atoms with Crippen LogP contribution >= 0.6 is 11.6 Å². The van der Waals surface area contributed by atoms with Crippen LogP contribution in [-0.2, 0) is 6.61 Å². The number of benzene rings is 3. The summed E-state index contributed by atoms with van der Waals surface area (Å²) in [6.45, 7) is -0.143. The molecule has 3 aromatic rings. The Bertz CT molecular complexity index is 1300. The number of hydrogen-bond donors (Lipinski definition) is 2. The summed E-state index contributed by atoms with van der Waals surface area (Å²) in [4.78, 5) is 34.2. The van der Waals surface area contributed by atoms with Gasteiger partial charge < -0.3 is 19.9 Å². The Hall–Kier alpha value is -4.32. The summed E-state index contributed by atoms with van der Waals surface area (Å²) in [5, 5.41) is 22.7. The molecule has 0 saturated carbocycles. The van der Waals surface area contributed by atoms with E-state index in [1.165, 1.54) is 30.3 Å². The van der Waals surface area contributed by atoms with Gasteiger partial charge in [0.25, 0.3) is 11.6 Å². The van der Waals surface area contributed by atoms with Crippen molar-refractivity contribution in [2.24, 2.45) is 0 Å². The lowest BCUT2D eigenvalue weighted by molar-refractivity contribution is -0.384. The molecule has 9 nitrogen and oxygen atoms in total. The number of nitro benzene ring substituents is 1. The number of nitro groups is 1. The maximum atomic E-state index is 12.6. The van der Waals surface area contributed by atoms with Gasteiger partial charge in [-0.1, -0.05) is 23.7 Å². The number of carboxylic acid groups (broad SMARTS) is 1. The number of aromatic carboxylic acids is 1. The van der Waals surface area contributed by atoms with Crippen LogP contribution in [0.1, 0.15) is 26.3 Å². The normalized spacial score (nSPS) is 11.0. The minimum absolute atomic E-state index is 0.0306. The van der Waals surface area contributed by atoms with Crippen molar-refractivity contribution < 1.29 is 42.3 Å². The second kappa shape index (κ2) is 10.3. The van der Waals surface area contributed by atoms with E-state index >= 15 is 0 Å². The van der Waals surface area contributed by atoms with Crippen LogP contribution in [0.5, 0.6) is 11.5 Å². The lowest BCUT2D eigenvalue weighted by Crippen LogP contribution is -2.17. The molecule has 0 aromatic heterocycles. The van der Waals surface area contributed by atoms with E-state index < -0.39 is 45.7 Å². The molecule has 182 valence electrons. The van der Waals surface area contributed by atoms with Gasteiger partial charge in [0, 0.05) is 17.8 Å². The van der Waals surface area contributed by atoms with Crippen molar-refractivity contribution in [2.45, 2.75) is 13.0 Å². The predicted molar refractivity (Wildman–Crippen MR) is 117 cm³/mol. The number of non-ortho nitro benzene ring substituents is 1. The molecule has 0 spiro atoms. The third-order valence-corrected chi connectivity index (χ3v) is 4.70. The topological polar surface area (TPSA) is 128 Å². The van der Waals surface area contributed by atoms with Gasteiger partial charge in [-0.2, -0.15) is 0 Å². The second-order valence-electron chi connectivity index (χ2n) is 6.88. The zero-order valence-electron chi connectivity index (χ0n) is 17.3. The Morgan fingerprint density at radius 3 is 2.43 bits per heavy atom. The number of ether oxygens (including phenoxy) is 2. The Kier molecular flexibility index (Phi) is 7.45. The molecule has 0 bridgehead atoms. The van der Waals surface area contributed by atoms with E-state index in [1.807, 2.05) is 0 Å². The highest BCUT2D eigenvalue weighted by Gasteiger charge is 2.31. The maximum absolute atomic E-state index is 12.6. The number of alkyl halides is 3. The monoisotopic (exact) mass is 510 g/mol. The van der Waals surface area contributed by atoms with E-state index in [0.29, 0.717) is 5.56 Å². The predicted octanol–water partition coefficient (Wildman–Crippen LogP) is 5.68. The zero-order valence-corrected chi connectivity index (χ0v) is 18.1. The number of carboxylic acids is 1. The first-order chi connectivity index (χ1) is 16.4. The lowest BCUT2D eigenvalue weighted by Gasteiger charge is -2.13. The molecule has 0 radical (unpaired) electrons. The third kappa shape index (κ3) is 6.84. The quantitative estimate of drug-likeness (QED) is 0.295. The molecule has 0 saturated heterocycles. The molecule has 0 atom stereocenters. The Balaban J connectivity index is 1.72. The van der Waals surface area contributed by atoms with Gasteiger partial charge in [0.2, 0.25) is 0 Å². The minimum atomic E-state index is -4.83. The van der Waals surface area contributed by atoms with Gasteiger partial charge in [-0.15, -0.1) is 13.2 Å². The van der Waals surface area contributed by atoms with Crippen LogP contribution in [-0.4, -0.2) is 28.3 Å². The van der Waals surface area contributed by atoms with Gasteiger partial charge >= 0.3 is 12.3 Å². The second-order valence-corrected chi connectivity index (χ2v) is 7.28. The van der Waals surface area contributed by atoms with Crippen LogP contribution in [0.4, 0.5) is 24.5 Å². The maximum Gasteiger partial charge on any atom is 0.573 e. The fourth-order valence-electron chi connectivity index (χ4n) is 2.91. The first-order valence-corrected chi connectivity index (χ1v) is 9.91. The summed E-state index contributed by atoms with van der Waals surface area (Å²) in [5.74, 6) is -2.63. The van der Waals surface area contributed by atoms with Gasteiger partial charge in [0.05, 0.1) is 21.1 Å². The van der Waals surface area contributed by atoms with Crippen LogP contribution in [0, 0.1) is 10.1 Å².